The van der Waals surface area contributed by atoms with Crippen molar-refractivity contribution in [1.82, 2.24) is 25.5 Å². The van der Waals surface area contributed by atoms with Crippen molar-refractivity contribution in [2.24, 2.45) is 17.6 Å². The van der Waals surface area contributed by atoms with Gasteiger partial charge in [0.15, 0.2) is 11.5 Å². The number of rotatable bonds is 6. The molecule has 0 spiro atoms. The zero-order valence-corrected chi connectivity index (χ0v) is 19.3. The van der Waals surface area contributed by atoms with Crippen LogP contribution in [-0.2, 0) is 17.6 Å². The van der Waals surface area contributed by atoms with Crippen LogP contribution in [-0.4, -0.2) is 60.9 Å². The quantitative estimate of drug-likeness (QED) is 0.439. The van der Waals surface area contributed by atoms with Crippen molar-refractivity contribution in [2.45, 2.75) is 19.5 Å². The Morgan fingerprint density at radius 1 is 1.24 bits per heavy atom. The zero-order valence-electron chi connectivity index (χ0n) is 18.5. The molecule has 2 fully saturated rings. The van der Waals surface area contributed by atoms with Gasteiger partial charge in [0, 0.05) is 45.6 Å². The van der Waals surface area contributed by atoms with Crippen LogP contribution in [0.4, 0.5) is 11.6 Å². The Morgan fingerprint density at radius 3 is 2.48 bits per heavy atom. The standard InChI is InChI=1S/C19H22N8O.C2H6O2S.6H2/c1-22-6-10-2-4-11(5-3-10)18-25-26-19(28-18)16-17(21)23-7-14(24-16)27-8-12-13(9-27)15(12)20;1-2-5(3)4;;;;;;/h2-5,7,12-13,15,22H,6,8-9,20H2,1H3,(H2,21,23);2H2,1H3,(H,3,4);6*1H/p-1. The van der Waals surface area contributed by atoms with Gasteiger partial charge in [-0.2, -0.15) is 0 Å². The molecule has 5 N–H and O–H groups in total. The number of nitrogens with two attached hydrogens (primary N) is 2. The Labute approximate surface area is 203 Å². The topological polar surface area (TPSA) is 172 Å². The summed E-state index contributed by atoms with van der Waals surface area (Å²) >= 11 is -1.82. The number of benzene rings is 1. The molecule has 0 radical (unpaired) electrons. The van der Waals surface area contributed by atoms with Crippen LogP contribution < -0.4 is 21.7 Å². The molecule has 3 atom stereocenters. The van der Waals surface area contributed by atoms with Crippen molar-refractivity contribution in [2.75, 3.05) is 36.5 Å². The highest BCUT2D eigenvalue weighted by Crippen LogP contribution is 2.45. The molecule has 1 saturated carbocycles. The van der Waals surface area contributed by atoms with E-state index in [1.165, 1.54) is 5.56 Å². The third-order valence-corrected chi connectivity index (χ3v) is 6.29. The fourth-order valence-corrected chi connectivity index (χ4v) is 3.86. The summed E-state index contributed by atoms with van der Waals surface area (Å²) in [6.45, 7) is 4.19. The number of fused-ring (bicyclic) bond motifs is 1. The minimum atomic E-state index is -1.82. The molecule has 12 heteroatoms. The Bertz CT molecular complexity index is 1140. The van der Waals surface area contributed by atoms with Crippen molar-refractivity contribution in [1.29, 1.82) is 0 Å². The van der Waals surface area contributed by atoms with E-state index in [1.807, 2.05) is 31.3 Å². The molecule has 2 aromatic heterocycles. The third-order valence-electron chi connectivity index (χ3n) is 5.82. The number of hydrogen-bond donors (Lipinski definition) is 3. The van der Waals surface area contributed by atoms with Gasteiger partial charge in [-0.05, 0) is 36.6 Å². The van der Waals surface area contributed by atoms with Crippen LogP contribution in [0.25, 0.3) is 23.0 Å². The minimum Gasteiger partial charge on any atom is -0.772 e. The molecule has 1 aromatic carbocycles. The van der Waals surface area contributed by atoms with Gasteiger partial charge in [-0.3, -0.25) is 4.21 Å². The molecule has 0 bridgehead atoms. The first-order valence-electron chi connectivity index (χ1n) is 10.7. The second-order valence-corrected chi connectivity index (χ2v) is 9.19. The van der Waals surface area contributed by atoms with E-state index in [4.69, 9.17) is 15.9 Å². The van der Waals surface area contributed by atoms with Gasteiger partial charge in [0.25, 0.3) is 5.89 Å². The zero-order chi connectivity index (χ0) is 23.5. The molecule has 1 aliphatic carbocycles. The van der Waals surface area contributed by atoms with Gasteiger partial charge in [0.05, 0.1) is 6.20 Å². The van der Waals surface area contributed by atoms with Crippen LogP contribution >= 0.6 is 0 Å². The average molecular weight is 484 g/mol. The number of nitrogens with one attached hydrogen (secondary N) is 1. The summed E-state index contributed by atoms with van der Waals surface area (Å²) < 4.78 is 24.6. The number of piperidine rings is 1. The van der Waals surface area contributed by atoms with Crippen LogP contribution in [0.15, 0.2) is 34.9 Å². The van der Waals surface area contributed by atoms with E-state index in [2.05, 4.69) is 30.4 Å². The summed E-state index contributed by atoms with van der Waals surface area (Å²) in [6.07, 6.45) is 1.69. The summed E-state index contributed by atoms with van der Waals surface area (Å²) in [5.74, 6) is 3.06. The fourth-order valence-electron chi connectivity index (χ4n) is 3.86. The van der Waals surface area contributed by atoms with E-state index >= 15 is 0 Å². The van der Waals surface area contributed by atoms with Gasteiger partial charge in [0.1, 0.15) is 5.82 Å². The van der Waals surface area contributed by atoms with Crippen LogP contribution in [0.3, 0.4) is 0 Å². The van der Waals surface area contributed by atoms with Gasteiger partial charge in [0.2, 0.25) is 5.89 Å². The first-order chi connectivity index (χ1) is 15.9. The normalized spacial score (nSPS) is 21.8. The average Bonchev–Trinajstić information content (AvgIpc) is 3.23. The van der Waals surface area contributed by atoms with E-state index in [-0.39, 0.29) is 26.0 Å². The Kier molecular flexibility index (Phi) is 6.98. The predicted octanol–water partition coefficient (Wildman–Crippen LogP) is 2.25. The van der Waals surface area contributed by atoms with E-state index in [1.54, 1.807) is 13.1 Å². The number of aromatic nitrogens is 4. The molecule has 1 saturated heterocycles. The SMILES string of the molecule is CCS(=O)[O-].CNCc1ccc(-c2nnc(-c3nc(N4CC5C(N)C5C4)cnc3N)o2)cc1.[HH].[HH].[HH].[HH].[HH].[HH]. The summed E-state index contributed by atoms with van der Waals surface area (Å²) in [5, 5.41) is 11.4. The van der Waals surface area contributed by atoms with E-state index in [0.717, 1.165) is 31.0 Å². The number of nitrogen functional groups attached to an aromatic ring is 1. The lowest BCUT2D eigenvalue weighted by atomic mass is 10.1. The van der Waals surface area contributed by atoms with Gasteiger partial charge in [-0.1, -0.05) is 30.1 Å². The van der Waals surface area contributed by atoms with Crippen LogP contribution in [0.5, 0.6) is 0 Å². The highest BCUT2D eigenvalue weighted by Gasteiger charge is 2.53. The van der Waals surface area contributed by atoms with Gasteiger partial charge >= 0.3 is 0 Å². The van der Waals surface area contributed by atoms with Crippen molar-refractivity contribution in [3.05, 3.63) is 36.0 Å². The summed E-state index contributed by atoms with van der Waals surface area (Å²) in [5.41, 5.74) is 14.5. The molecule has 3 unspecified atom stereocenters. The van der Waals surface area contributed by atoms with Crippen LogP contribution in [0.2, 0.25) is 0 Å². The molecular formula is C21H39N8O3S-. The lowest BCUT2D eigenvalue weighted by Gasteiger charge is -2.20. The Hall–Kier alpha value is -2.93. The minimum absolute atomic E-state index is 0. The molecule has 3 aromatic rings. The van der Waals surface area contributed by atoms with Crippen molar-refractivity contribution < 1.29 is 21.7 Å². The van der Waals surface area contributed by atoms with Crippen LogP contribution in [0.1, 0.15) is 21.0 Å². The number of hydrogen-bond acceptors (Lipinski definition) is 11. The second kappa shape index (κ2) is 9.91. The maximum atomic E-state index is 9.37. The van der Waals surface area contributed by atoms with Crippen molar-refractivity contribution >= 4 is 22.7 Å². The molecule has 11 nitrogen and oxygen atoms in total. The monoisotopic (exact) mass is 483 g/mol. The van der Waals surface area contributed by atoms with Crippen molar-refractivity contribution in [3.63, 3.8) is 0 Å². The second-order valence-electron chi connectivity index (χ2n) is 8.00. The molecular weight excluding hydrogens is 444 g/mol. The molecule has 3 heterocycles. The highest BCUT2D eigenvalue weighted by atomic mass is 32.2. The third kappa shape index (κ3) is 5.19. The highest BCUT2D eigenvalue weighted by molar-refractivity contribution is 7.79. The smallest absolute Gasteiger partial charge is 0.270 e. The predicted molar refractivity (Wildman–Crippen MR) is 137 cm³/mol. The molecule has 1 aliphatic heterocycles. The maximum absolute atomic E-state index is 9.37. The fraction of sp³-hybridized carbons (Fsp3) is 0.429. The molecule has 33 heavy (non-hydrogen) atoms. The van der Waals surface area contributed by atoms with E-state index in [9.17, 15) is 8.76 Å². The van der Waals surface area contributed by atoms with Gasteiger partial charge in [-0.25, -0.2) is 9.97 Å². The summed E-state index contributed by atoms with van der Waals surface area (Å²) in [6, 6.07) is 8.28. The number of anilines is 2. The molecule has 188 valence electrons. The number of nitrogens with zero attached hydrogens (tertiary/aromatic N) is 5. The summed E-state index contributed by atoms with van der Waals surface area (Å²) in [7, 11) is 1.91. The van der Waals surface area contributed by atoms with E-state index in [0.29, 0.717) is 29.5 Å². The summed E-state index contributed by atoms with van der Waals surface area (Å²) in [4.78, 5) is 11.1. The largest absolute Gasteiger partial charge is 0.772 e. The maximum Gasteiger partial charge on any atom is 0.270 e. The lowest BCUT2D eigenvalue weighted by Crippen LogP contribution is -2.29. The van der Waals surface area contributed by atoms with Gasteiger partial charge in [-0.15, -0.1) is 10.2 Å². The van der Waals surface area contributed by atoms with E-state index < -0.39 is 11.1 Å². The molecule has 2 aliphatic rings. The molecule has 0 amide bonds. The Morgan fingerprint density at radius 2 is 1.88 bits per heavy atom. The molecule has 5 rings (SSSR count). The lowest BCUT2D eigenvalue weighted by molar-refractivity contribution is 0.538. The van der Waals surface area contributed by atoms with Crippen LogP contribution in [0, 0.1) is 11.8 Å². The Balaban J connectivity index is -0.00000109. The first kappa shape index (κ1) is 23.2. The van der Waals surface area contributed by atoms with Crippen molar-refractivity contribution in [3.8, 4) is 23.0 Å². The van der Waals surface area contributed by atoms with Gasteiger partial charge < -0.3 is 30.7 Å². The first-order valence-corrected chi connectivity index (χ1v) is 11.9.